The van der Waals surface area contributed by atoms with Crippen LogP contribution >= 0.6 is 56.5 Å². The summed E-state index contributed by atoms with van der Waals surface area (Å²) in [5, 5.41) is 3.21. The Morgan fingerprint density at radius 1 is 1.24 bits per heavy atom. The van der Waals surface area contributed by atoms with Gasteiger partial charge in [0.1, 0.15) is 11.8 Å². The smallest absolute Gasteiger partial charge is 0.338 e. The van der Waals surface area contributed by atoms with Crippen LogP contribution in [0.15, 0.2) is 57.5 Å². The number of ether oxygens (including phenoxy) is 2. The van der Waals surface area contributed by atoms with Gasteiger partial charge in [0.25, 0.3) is 5.56 Å². The van der Waals surface area contributed by atoms with Crippen molar-refractivity contribution in [3.05, 3.63) is 85.6 Å². The van der Waals surface area contributed by atoms with E-state index in [2.05, 4.69) is 55.5 Å². The number of anilines is 1. The predicted molar refractivity (Wildman–Crippen MR) is 164 cm³/mol. The highest BCUT2D eigenvalue weighted by atomic mass is 127. The van der Waals surface area contributed by atoms with Gasteiger partial charge >= 0.3 is 5.97 Å². The average Bonchev–Trinajstić information content (AvgIpc) is 3.12. The van der Waals surface area contributed by atoms with Gasteiger partial charge in [-0.1, -0.05) is 29.5 Å². The summed E-state index contributed by atoms with van der Waals surface area (Å²) in [5.74, 6) is 0.120. The number of hydrogen-bond donors (Lipinski definition) is 1. The molecule has 0 fully saturated rings. The molecule has 0 radical (unpaired) electrons. The van der Waals surface area contributed by atoms with Crippen LogP contribution in [0.1, 0.15) is 44.9 Å². The third kappa shape index (κ3) is 5.65. The molecule has 37 heavy (non-hydrogen) atoms. The molecule has 0 saturated heterocycles. The monoisotopic (exact) mass is 743 g/mol. The van der Waals surface area contributed by atoms with E-state index in [1.54, 1.807) is 18.4 Å². The van der Waals surface area contributed by atoms with Crippen LogP contribution in [0.3, 0.4) is 0 Å². The van der Waals surface area contributed by atoms with E-state index in [4.69, 9.17) is 9.47 Å². The van der Waals surface area contributed by atoms with Crippen LogP contribution in [-0.4, -0.2) is 30.3 Å². The van der Waals surface area contributed by atoms with E-state index in [-0.39, 0.29) is 18.3 Å². The molecule has 0 unspecified atom stereocenters. The molecule has 0 bridgehead atoms. The van der Waals surface area contributed by atoms with Crippen molar-refractivity contribution in [2.24, 2.45) is 4.99 Å². The van der Waals surface area contributed by atoms with Gasteiger partial charge in [0.2, 0.25) is 0 Å². The maximum absolute atomic E-state index is 13.9. The van der Waals surface area contributed by atoms with Crippen LogP contribution in [0.5, 0.6) is 5.75 Å². The largest absolute Gasteiger partial charge is 0.491 e. The van der Waals surface area contributed by atoms with Gasteiger partial charge in [0.15, 0.2) is 4.80 Å². The number of esters is 1. The molecule has 1 aromatic heterocycles. The lowest BCUT2D eigenvalue weighted by atomic mass is 9.95. The number of rotatable bonds is 7. The van der Waals surface area contributed by atoms with Gasteiger partial charge < -0.3 is 14.8 Å². The van der Waals surface area contributed by atoms with Gasteiger partial charge in [-0.15, -0.1) is 0 Å². The first kappa shape index (κ1) is 27.8. The van der Waals surface area contributed by atoms with Crippen molar-refractivity contribution in [1.82, 2.24) is 4.57 Å². The molecule has 1 atom stereocenters. The molecular weight excluding hydrogens is 716 g/mol. The summed E-state index contributed by atoms with van der Waals surface area (Å²) in [5.41, 5.74) is 3.32. The standard InChI is InChI=1S/C27H27I2N3O4S/c1-6-35-26(34)22-15(4)31-27-32(24(22)17-9-7-8-10-20(17)36-14(2)3)25(33)21(37-27)13-16-11-18(28)23(30-5)19(29)12-16/h7-14,24,30H,6H2,1-5H3/b21-13+/t24-/m0/s1. The molecule has 2 heterocycles. The van der Waals surface area contributed by atoms with Crippen LogP contribution in [0, 0.1) is 7.14 Å². The minimum Gasteiger partial charge on any atom is -0.491 e. The zero-order chi connectivity index (χ0) is 26.9. The number of fused-ring (bicyclic) bond motifs is 1. The summed E-state index contributed by atoms with van der Waals surface area (Å²) in [6.07, 6.45) is 1.79. The lowest BCUT2D eigenvalue weighted by molar-refractivity contribution is -0.139. The average molecular weight is 743 g/mol. The Morgan fingerprint density at radius 3 is 2.54 bits per heavy atom. The number of thiazole rings is 1. The Kier molecular flexibility index (Phi) is 8.79. The minimum atomic E-state index is -0.723. The summed E-state index contributed by atoms with van der Waals surface area (Å²) >= 11 is 5.88. The highest BCUT2D eigenvalue weighted by Gasteiger charge is 2.35. The lowest BCUT2D eigenvalue weighted by Crippen LogP contribution is -2.40. The number of benzene rings is 2. The van der Waals surface area contributed by atoms with Crippen molar-refractivity contribution >= 4 is 74.3 Å². The van der Waals surface area contributed by atoms with Gasteiger partial charge in [-0.3, -0.25) is 9.36 Å². The van der Waals surface area contributed by atoms with Gasteiger partial charge in [-0.25, -0.2) is 9.79 Å². The number of carbonyl (C=O) groups excluding carboxylic acids is 1. The van der Waals surface area contributed by atoms with Crippen LogP contribution in [0.25, 0.3) is 6.08 Å². The molecule has 4 rings (SSSR count). The molecule has 0 amide bonds. The minimum absolute atomic E-state index is 0.0846. The molecular formula is C27H27I2N3O4S. The number of carbonyl (C=O) groups is 1. The summed E-state index contributed by atoms with van der Waals surface area (Å²) in [4.78, 5) is 32.3. The van der Waals surface area contributed by atoms with Crippen molar-refractivity contribution in [2.45, 2.75) is 39.8 Å². The van der Waals surface area contributed by atoms with Crippen molar-refractivity contribution in [2.75, 3.05) is 19.0 Å². The third-order valence-electron chi connectivity index (χ3n) is 5.71. The first-order valence-electron chi connectivity index (χ1n) is 11.8. The highest BCUT2D eigenvalue weighted by molar-refractivity contribution is 14.1. The molecule has 7 nitrogen and oxygen atoms in total. The van der Waals surface area contributed by atoms with Crippen molar-refractivity contribution in [3.63, 3.8) is 0 Å². The molecule has 1 aliphatic rings. The maximum Gasteiger partial charge on any atom is 0.338 e. The Labute approximate surface area is 246 Å². The van der Waals surface area contributed by atoms with Gasteiger partial charge in [-0.2, -0.15) is 0 Å². The second-order valence-corrected chi connectivity index (χ2v) is 11.9. The Morgan fingerprint density at radius 2 is 1.92 bits per heavy atom. The van der Waals surface area contributed by atoms with E-state index >= 15 is 0 Å². The normalized spacial score (nSPS) is 15.5. The van der Waals surface area contributed by atoms with Crippen LogP contribution in [-0.2, 0) is 9.53 Å². The third-order valence-corrected chi connectivity index (χ3v) is 8.39. The second kappa shape index (κ2) is 11.7. The van der Waals surface area contributed by atoms with Gasteiger partial charge in [0.05, 0.1) is 34.2 Å². The van der Waals surface area contributed by atoms with Crippen LogP contribution < -0.4 is 24.9 Å². The number of aromatic nitrogens is 1. The summed E-state index contributed by atoms with van der Waals surface area (Å²) in [6.45, 7) is 7.64. The van der Waals surface area contributed by atoms with E-state index in [1.165, 1.54) is 11.3 Å². The van der Waals surface area contributed by atoms with Crippen LogP contribution in [0.4, 0.5) is 5.69 Å². The van der Waals surface area contributed by atoms with E-state index < -0.39 is 12.0 Å². The second-order valence-electron chi connectivity index (χ2n) is 8.62. The van der Waals surface area contributed by atoms with Crippen molar-refractivity contribution in [1.29, 1.82) is 0 Å². The zero-order valence-electron chi connectivity index (χ0n) is 21.1. The molecule has 194 valence electrons. The number of nitrogens with one attached hydrogen (secondary N) is 1. The molecule has 1 aliphatic heterocycles. The van der Waals surface area contributed by atoms with Crippen molar-refractivity contribution in [3.8, 4) is 5.75 Å². The highest BCUT2D eigenvalue weighted by Crippen LogP contribution is 2.36. The molecule has 0 saturated carbocycles. The quantitative estimate of drug-likeness (QED) is 0.277. The van der Waals surface area contributed by atoms with E-state index in [0.29, 0.717) is 31.9 Å². The Bertz CT molecular complexity index is 1550. The number of halogens is 2. The van der Waals surface area contributed by atoms with Gasteiger partial charge in [-0.05, 0) is 103 Å². The molecule has 0 spiro atoms. The molecule has 1 N–H and O–H groups in total. The predicted octanol–water partition coefficient (Wildman–Crippen LogP) is 4.84. The fourth-order valence-corrected chi connectivity index (χ4v) is 7.62. The number of nitrogens with zero attached hydrogens (tertiary/aromatic N) is 2. The van der Waals surface area contributed by atoms with Crippen molar-refractivity contribution < 1.29 is 14.3 Å². The fourth-order valence-electron chi connectivity index (χ4n) is 4.22. The molecule has 0 aliphatic carbocycles. The number of allylic oxidation sites excluding steroid dienone is 1. The van der Waals surface area contributed by atoms with E-state index in [1.807, 2.05) is 63.4 Å². The molecule has 10 heteroatoms. The first-order valence-corrected chi connectivity index (χ1v) is 14.8. The zero-order valence-corrected chi connectivity index (χ0v) is 26.2. The lowest BCUT2D eigenvalue weighted by Gasteiger charge is -2.26. The number of para-hydroxylation sites is 1. The first-order chi connectivity index (χ1) is 17.7. The van der Waals surface area contributed by atoms with E-state index in [0.717, 1.165) is 18.4 Å². The maximum atomic E-state index is 13.9. The fraction of sp³-hybridized carbons (Fsp3) is 0.296. The van der Waals surface area contributed by atoms with E-state index in [9.17, 15) is 9.59 Å². The Hall–Kier alpha value is -2.19. The molecule has 2 aromatic carbocycles. The number of hydrogen-bond acceptors (Lipinski definition) is 7. The SMILES string of the molecule is CCOC(=O)C1=C(C)N=c2s/c(=C/c3cc(I)c(NC)c(I)c3)c(=O)n2[C@H]1c1ccccc1OC(C)C. The molecule has 3 aromatic rings. The van der Waals surface area contributed by atoms with Crippen LogP contribution in [0.2, 0.25) is 0 Å². The summed E-state index contributed by atoms with van der Waals surface area (Å²) in [7, 11) is 1.89. The summed E-state index contributed by atoms with van der Waals surface area (Å²) in [6, 6.07) is 10.8. The summed E-state index contributed by atoms with van der Waals surface area (Å²) < 4.78 is 15.7. The Balaban J connectivity index is 1.97. The topological polar surface area (TPSA) is 81.9 Å². The van der Waals surface area contributed by atoms with Gasteiger partial charge in [0, 0.05) is 19.8 Å².